The second-order valence-electron chi connectivity index (χ2n) is 7.98. The largest absolute Gasteiger partial charge is 0.348 e. The van der Waals surface area contributed by atoms with E-state index in [0.29, 0.717) is 12.1 Å². The fourth-order valence-electron chi connectivity index (χ4n) is 3.62. The molecular formula is C26H30N2O3S. The van der Waals surface area contributed by atoms with E-state index in [4.69, 9.17) is 0 Å². The normalized spacial score (nSPS) is 12.2. The minimum Gasteiger partial charge on any atom is -0.348 e. The molecule has 0 aliphatic carbocycles. The Hall–Kier alpha value is -3.12. The molecule has 0 radical (unpaired) electrons. The predicted molar refractivity (Wildman–Crippen MR) is 129 cm³/mol. The van der Waals surface area contributed by atoms with E-state index in [1.165, 1.54) is 4.31 Å². The van der Waals surface area contributed by atoms with Crippen molar-refractivity contribution in [3.8, 4) is 0 Å². The van der Waals surface area contributed by atoms with Gasteiger partial charge in [0.15, 0.2) is 0 Å². The van der Waals surface area contributed by atoms with Crippen LogP contribution in [0.25, 0.3) is 0 Å². The molecule has 0 heterocycles. The number of hydrogen-bond donors (Lipinski definition) is 1. The number of amides is 1. The number of carbonyl (C=O) groups is 1. The maximum atomic E-state index is 13.6. The summed E-state index contributed by atoms with van der Waals surface area (Å²) in [5.74, 6) is -0.350. The summed E-state index contributed by atoms with van der Waals surface area (Å²) in [7, 11) is -3.94. The van der Waals surface area contributed by atoms with E-state index < -0.39 is 10.0 Å². The third-order valence-corrected chi connectivity index (χ3v) is 7.46. The van der Waals surface area contributed by atoms with Gasteiger partial charge in [0.2, 0.25) is 5.91 Å². The van der Waals surface area contributed by atoms with Gasteiger partial charge in [0.1, 0.15) is 6.54 Å². The van der Waals surface area contributed by atoms with Crippen molar-refractivity contribution in [2.45, 2.75) is 45.1 Å². The number of nitrogens with one attached hydrogen (secondary N) is 1. The maximum Gasteiger partial charge on any atom is 0.264 e. The highest BCUT2D eigenvalue weighted by Crippen LogP contribution is 2.29. The zero-order chi connectivity index (χ0) is 23.3. The van der Waals surface area contributed by atoms with Crippen LogP contribution in [0.2, 0.25) is 0 Å². The summed E-state index contributed by atoms with van der Waals surface area (Å²) in [6, 6.07) is 21.7. The lowest BCUT2D eigenvalue weighted by Gasteiger charge is -2.27. The number of rotatable bonds is 8. The minimum atomic E-state index is -3.94. The van der Waals surface area contributed by atoms with Crippen LogP contribution in [0.3, 0.4) is 0 Å². The second kappa shape index (κ2) is 10.0. The molecule has 5 nitrogen and oxygen atoms in total. The highest BCUT2D eigenvalue weighted by atomic mass is 32.2. The Morgan fingerprint density at radius 1 is 0.906 bits per heavy atom. The van der Waals surface area contributed by atoms with Gasteiger partial charge in [-0.05, 0) is 62.1 Å². The quantitative estimate of drug-likeness (QED) is 0.521. The van der Waals surface area contributed by atoms with E-state index in [0.717, 1.165) is 22.3 Å². The van der Waals surface area contributed by atoms with Gasteiger partial charge in [-0.25, -0.2) is 8.42 Å². The molecule has 0 saturated carbocycles. The fraction of sp³-hybridized carbons (Fsp3) is 0.269. The summed E-state index contributed by atoms with van der Waals surface area (Å²) >= 11 is 0. The lowest BCUT2D eigenvalue weighted by Crippen LogP contribution is -2.42. The molecule has 32 heavy (non-hydrogen) atoms. The molecule has 0 unspecified atom stereocenters. The van der Waals surface area contributed by atoms with E-state index >= 15 is 0 Å². The summed E-state index contributed by atoms with van der Waals surface area (Å²) in [4.78, 5) is 13.2. The Morgan fingerprint density at radius 3 is 2.19 bits per heavy atom. The summed E-state index contributed by atoms with van der Waals surface area (Å²) < 4.78 is 28.4. The molecule has 1 atom stereocenters. The maximum absolute atomic E-state index is 13.6. The van der Waals surface area contributed by atoms with Crippen LogP contribution >= 0.6 is 0 Å². The Bertz CT molecular complexity index is 1170. The number of carbonyl (C=O) groups excluding carboxylic acids is 1. The van der Waals surface area contributed by atoms with Gasteiger partial charge in [0, 0.05) is 0 Å². The Kier molecular flexibility index (Phi) is 7.36. The van der Waals surface area contributed by atoms with Crippen LogP contribution in [0.4, 0.5) is 5.69 Å². The first-order valence-corrected chi connectivity index (χ1v) is 12.2. The molecular weight excluding hydrogens is 420 g/mol. The van der Waals surface area contributed by atoms with E-state index in [1.807, 2.05) is 70.2 Å². The summed E-state index contributed by atoms with van der Waals surface area (Å²) in [5, 5.41) is 3.00. The minimum absolute atomic E-state index is 0.159. The zero-order valence-electron chi connectivity index (χ0n) is 19.0. The zero-order valence-corrected chi connectivity index (χ0v) is 19.8. The highest BCUT2D eigenvalue weighted by Gasteiger charge is 2.29. The second-order valence-corrected chi connectivity index (χ2v) is 9.85. The van der Waals surface area contributed by atoms with E-state index in [1.54, 1.807) is 30.3 Å². The van der Waals surface area contributed by atoms with Crippen molar-refractivity contribution in [2.75, 3.05) is 10.8 Å². The summed E-state index contributed by atoms with van der Waals surface area (Å²) in [5.41, 5.74) is 4.25. The molecule has 3 aromatic carbocycles. The first kappa shape index (κ1) is 23.5. The molecule has 3 aromatic rings. The Labute approximate surface area is 191 Å². The lowest BCUT2D eigenvalue weighted by molar-refractivity contribution is -0.120. The lowest BCUT2D eigenvalue weighted by atomic mass is 10.0. The van der Waals surface area contributed by atoms with E-state index in [9.17, 15) is 13.2 Å². The van der Waals surface area contributed by atoms with Gasteiger partial charge in [-0.2, -0.15) is 0 Å². The number of benzene rings is 3. The molecule has 0 saturated heterocycles. The van der Waals surface area contributed by atoms with Crippen LogP contribution in [0.5, 0.6) is 0 Å². The van der Waals surface area contributed by atoms with Crippen LogP contribution < -0.4 is 9.62 Å². The monoisotopic (exact) mass is 450 g/mol. The molecule has 6 heteroatoms. The van der Waals surface area contributed by atoms with Gasteiger partial charge in [-0.15, -0.1) is 0 Å². The molecule has 1 amide bonds. The third-order valence-electron chi connectivity index (χ3n) is 5.69. The molecule has 0 aliphatic heterocycles. The smallest absolute Gasteiger partial charge is 0.264 e. The Balaban J connectivity index is 1.97. The molecule has 0 bridgehead atoms. The first-order valence-electron chi connectivity index (χ1n) is 10.7. The number of aryl methyl sites for hydroxylation is 2. The van der Waals surface area contributed by atoms with Gasteiger partial charge in [0.05, 0.1) is 16.6 Å². The van der Waals surface area contributed by atoms with Crippen LogP contribution in [-0.4, -0.2) is 20.9 Å². The van der Waals surface area contributed by atoms with Gasteiger partial charge >= 0.3 is 0 Å². The van der Waals surface area contributed by atoms with Gasteiger partial charge in [0.25, 0.3) is 10.0 Å². The number of anilines is 1. The van der Waals surface area contributed by atoms with Crippen LogP contribution in [-0.2, 0) is 14.8 Å². The van der Waals surface area contributed by atoms with Crippen LogP contribution in [0.1, 0.15) is 41.6 Å². The van der Waals surface area contributed by atoms with E-state index in [-0.39, 0.29) is 23.4 Å². The molecule has 0 fully saturated rings. The van der Waals surface area contributed by atoms with Crippen LogP contribution in [0, 0.1) is 20.8 Å². The molecule has 0 aromatic heterocycles. The fourth-order valence-corrected chi connectivity index (χ4v) is 5.10. The van der Waals surface area contributed by atoms with Crippen LogP contribution in [0.15, 0.2) is 77.7 Å². The first-order chi connectivity index (χ1) is 15.2. The molecule has 3 rings (SSSR count). The van der Waals surface area contributed by atoms with Crippen molar-refractivity contribution in [2.24, 2.45) is 0 Å². The number of nitrogens with zero attached hydrogens (tertiary/aromatic N) is 1. The van der Waals surface area contributed by atoms with Crippen molar-refractivity contribution >= 4 is 21.6 Å². The van der Waals surface area contributed by atoms with Crippen molar-refractivity contribution in [1.82, 2.24) is 5.32 Å². The SMILES string of the molecule is CC[C@@H](NC(=O)CN(c1cccc(C)c1C)S(=O)(=O)c1ccc(C)cc1)c1ccccc1. The molecule has 1 N–H and O–H groups in total. The van der Waals surface area contributed by atoms with Gasteiger partial charge in [-0.3, -0.25) is 9.10 Å². The van der Waals surface area contributed by atoms with Crippen molar-refractivity contribution in [1.29, 1.82) is 0 Å². The molecule has 0 spiro atoms. The van der Waals surface area contributed by atoms with Crippen molar-refractivity contribution < 1.29 is 13.2 Å². The predicted octanol–water partition coefficient (Wildman–Crippen LogP) is 5.07. The summed E-state index contributed by atoms with van der Waals surface area (Å²) in [6.07, 6.45) is 0.698. The standard InChI is InChI=1S/C26H30N2O3S/c1-5-24(22-11-7-6-8-12-22)27-26(29)18-28(25-13-9-10-20(3)21(25)4)32(30,31)23-16-14-19(2)15-17-23/h6-17,24H,5,18H2,1-4H3,(H,27,29)/t24-/m1/s1. The van der Waals surface area contributed by atoms with E-state index in [2.05, 4.69) is 5.32 Å². The number of sulfonamides is 1. The van der Waals surface area contributed by atoms with Crippen molar-refractivity contribution in [3.05, 3.63) is 95.1 Å². The highest BCUT2D eigenvalue weighted by molar-refractivity contribution is 7.92. The average Bonchev–Trinajstić information content (AvgIpc) is 2.79. The van der Waals surface area contributed by atoms with Crippen molar-refractivity contribution in [3.63, 3.8) is 0 Å². The molecule has 0 aliphatic rings. The number of hydrogen-bond acceptors (Lipinski definition) is 3. The summed E-state index contributed by atoms with van der Waals surface area (Å²) in [6.45, 7) is 7.39. The third kappa shape index (κ3) is 5.19. The average molecular weight is 451 g/mol. The molecule has 168 valence electrons. The Morgan fingerprint density at radius 2 is 1.56 bits per heavy atom. The van der Waals surface area contributed by atoms with Gasteiger partial charge in [-0.1, -0.05) is 67.1 Å². The topological polar surface area (TPSA) is 66.5 Å². The van der Waals surface area contributed by atoms with Gasteiger partial charge < -0.3 is 5.32 Å².